The first-order valence-electron chi connectivity index (χ1n) is 7.94. The summed E-state index contributed by atoms with van der Waals surface area (Å²) in [4.78, 5) is 0. The summed E-state index contributed by atoms with van der Waals surface area (Å²) in [7, 11) is 0. The van der Waals surface area contributed by atoms with Crippen molar-refractivity contribution >= 4 is 0 Å². The minimum Gasteiger partial charge on any atom is -0.361 e. The molecule has 0 aromatic carbocycles. The molecule has 4 fully saturated rings. The van der Waals surface area contributed by atoms with Gasteiger partial charge in [0.2, 0.25) is 0 Å². The molecule has 3 nitrogen and oxygen atoms in total. The van der Waals surface area contributed by atoms with E-state index in [0.29, 0.717) is 5.41 Å². The molecule has 5 rings (SSSR count). The van der Waals surface area contributed by atoms with Crippen LogP contribution in [0, 0.1) is 17.8 Å². The number of rotatable bonds is 4. The fourth-order valence-electron chi connectivity index (χ4n) is 5.31. The van der Waals surface area contributed by atoms with Gasteiger partial charge < -0.3 is 9.84 Å². The van der Waals surface area contributed by atoms with E-state index in [-0.39, 0.29) is 0 Å². The van der Waals surface area contributed by atoms with E-state index in [0.717, 1.165) is 36.5 Å². The van der Waals surface area contributed by atoms with E-state index in [4.69, 9.17) is 4.52 Å². The molecular formula is C16H24N2O. The van der Waals surface area contributed by atoms with Gasteiger partial charge in [-0.25, -0.2) is 0 Å². The van der Waals surface area contributed by atoms with Crippen molar-refractivity contribution < 1.29 is 4.52 Å². The quantitative estimate of drug-likeness (QED) is 0.903. The molecule has 0 unspecified atom stereocenters. The SMILES string of the molecule is CCNCc1cc(C23CC4CC(CC(C4)C2)C3)on1. The molecular weight excluding hydrogens is 236 g/mol. The first kappa shape index (κ1) is 12.0. The van der Waals surface area contributed by atoms with Gasteiger partial charge in [0.05, 0.1) is 5.69 Å². The van der Waals surface area contributed by atoms with Crippen molar-refractivity contribution in [2.75, 3.05) is 6.54 Å². The Balaban J connectivity index is 1.59. The van der Waals surface area contributed by atoms with E-state index in [1.165, 1.54) is 44.3 Å². The summed E-state index contributed by atoms with van der Waals surface area (Å²) in [5, 5.41) is 7.60. The Morgan fingerprint density at radius 3 is 2.42 bits per heavy atom. The highest BCUT2D eigenvalue weighted by Gasteiger charge is 2.53. The van der Waals surface area contributed by atoms with Crippen molar-refractivity contribution in [2.24, 2.45) is 17.8 Å². The van der Waals surface area contributed by atoms with E-state index in [2.05, 4.69) is 23.5 Å². The third-order valence-corrected chi connectivity index (χ3v) is 5.68. The van der Waals surface area contributed by atoms with Crippen molar-refractivity contribution in [3.8, 4) is 0 Å². The molecule has 19 heavy (non-hydrogen) atoms. The van der Waals surface area contributed by atoms with Crippen LogP contribution in [-0.4, -0.2) is 11.7 Å². The van der Waals surface area contributed by atoms with Crippen molar-refractivity contribution in [3.63, 3.8) is 0 Å². The second kappa shape index (κ2) is 4.34. The fourth-order valence-corrected chi connectivity index (χ4v) is 5.31. The monoisotopic (exact) mass is 260 g/mol. The van der Waals surface area contributed by atoms with E-state index >= 15 is 0 Å². The van der Waals surface area contributed by atoms with Crippen molar-refractivity contribution in [3.05, 3.63) is 17.5 Å². The van der Waals surface area contributed by atoms with Crippen LogP contribution in [0.2, 0.25) is 0 Å². The van der Waals surface area contributed by atoms with Crippen LogP contribution in [0.5, 0.6) is 0 Å². The summed E-state index contributed by atoms with van der Waals surface area (Å²) < 4.78 is 5.76. The predicted molar refractivity (Wildman–Crippen MR) is 73.7 cm³/mol. The Morgan fingerprint density at radius 1 is 1.21 bits per heavy atom. The van der Waals surface area contributed by atoms with Crippen LogP contribution < -0.4 is 5.32 Å². The molecule has 1 aromatic heterocycles. The van der Waals surface area contributed by atoms with Gasteiger partial charge in [-0.3, -0.25) is 0 Å². The van der Waals surface area contributed by atoms with E-state index in [1.54, 1.807) is 0 Å². The van der Waals surface area contributed by atoms with Crippen molar-refractivity contribution in [1.82, 2.24) is 10.5 Å². The van der Waals surface area contributed by atoms with Gasteiger partial charge in [-0.15, -0.1) is 0 Å². The Morgan fingerprint density at radius 2 is 1.84 bits per heavy atom. The van der Waals surface area contributed by atoms with Crippen LogP contribution in [0.4, 0.5) is 0 Å². The molecule has 4 saturated carbocycles. The van der Waals surface area contributed by atoms with Crippen LogP contribution in [0.1, 0.15) is 56.9 Å². The van der Waals surface area contributed by atoms with Crippen LogP contribution >= 0.6 is 0 Å². The average molecular weight is 260 g/mol. The highest BCUT2D eigenvalue weighted by molar-refractivity contribution is 5.22. The minimum absolute atomic E-state index is 0.353. The predicted octanol–water partition coefficient (Wildman–Crippen LogP) is 3.25. The van der Waals surface area contributed by atoms with Crippen molar-refractivity contribution in [1.29, 1.82) is 0 Å². The highest BCUT2D eigenvalue weighted by atomic mass is 16.5. The number of nitrogens with zero attached hydrogens (tertiary/aromatic N) is 1. The lowest BCUT2D eigenvalue weighted by Gasteiger charge is -2.55. The third kappa shape index (κ3) is 1.94. The van der Waals surface area contributed by atoms with Crippen molar-refractivity contribution in [2.45, 2.75) is 57.4 Å². The van der Waals surface area contributed by atoms with Crippen LogP contribution in [0.25, 0.3) is 0 Å². The molecule has 4 aliphatic rings. The van der Waals surface area contributed by atoms with E-state index < -0.39 is 0 Å². The molecule has 104 valence electrons. The Kier molecular flexibility index (Phi) is 2.73. The van der Waals surface area contributed by atoms with E-state index in [9.17, 15) is 0 Å². The van der Waals surface area contributed by atoms with Gasteiger partial charge in [0.1, 0.15) is 5.76 Å². The summed E-state index contributed by atoms with van der Waals surface area (Å²) in [5.74, 6) is 4.09. The zero-order valence-corrected chi connectivity index (χ0v) is 11.8. The number of nitrogens with one attached hydrogen (secondary N) is 1. The first-order chi connectivity index (χ1) is 9.27. The normalized spacial score (nSPS) is 39.9. The molecule has 0 atom stereocenters. The van der Waals surface area contributed by atoms with Gasteiger partial charge in [-0.05, 0) is 62.8 Å². The number of hydrogen-bond acceptors (Lipinski definition) is 3. The molecule has 1 heterocycles. The maximum Gasteiger partial charge on any atom is 0.143 e. The third-order valence-electron chi connectivity index (χ3n) is 5.68. The minimum atomic E-state index is 0.353. The smallest absolute Gasteiger partial charge is 0.143 e. The van der Waals surface area contributed by atoms with Gasteiger partial charge in [-0.1, -0.05) is 12.1 Å². The molecule has 0 radical (unpaired) electrons. The van der Waals surface area contributed by atoms with E-state index in [1.807, 2.05) is 0 Å². The Bertz CT molecular complexity index is 430. The second-order valence-electron chi connectivity index (χ2n) is 7.16. The highest BCUT2D eigenvalue weighted by Crippen LogP contribution is 2.60. The van der Waals surface area contributed by atoms with Gasteiger partial charge in [0.15, 0.2) is 0 Å². The fraction of sp³-hybridized carbons (Fsp3) is 0.812. The molecule has 3 heteroatoms. The molecule has 1 N–H and O–H groups in total. The molecule has 4 aliphatic carbocycles. The number of aromatic nitrogens is 1. The zero-order chi connectivity index (χ0) is 12.9. The van der Waals surface area contributed by atoms with Gasteiger partial charge in [0.25, 0.3) is 0 Å². The summed E-state index contributed by atoms with van der Waals surface area (Å²) >= 11 is 0. The molecule has 1 aromatic rings. The lowest BCUT2D eigenvalue weighted by atomic mass is 9.49. The van der Waals surface area contributed by atoms with Crippen LogP contribution in [0.3, 0.4) is 0 Å². The molecule has 0 saturated heterocycles. The molecule has 0 spiro atoms. The topological polar surface area (TPSA) is 38.1 Å². The maximum absolute atomic E-state index is 5.76. The van der Waals surface area contributed by atoms with Crippen LogP contribution in [-0.2, 0) is 12.0 Å². The Labute approximate surface area is 115 Å². The standard InChI is InChI=1S/C16H24N2O/c1-2-17-10-14-6-15(19-18-14)16-7-11-3-12(8-16)5-13(4-11)9-16/h6,11-13,17H,2-5,7-10H2,1H3. The maximum atomic E-state index is 5.76. The van der Waals surface area contributed by atoms with Gasteiger partial charge in [0, 0.05) is 18.0 Å². The second-order valence-corrected chi connectivity index (χ2v) is 7.16. The lowest BCUT2D eigenvalue weighted by Crippen LogP contribution is -2.48. The lowest BCUT2D eigenvalue weighted by molar-refractivity contribution is -0.0175. The zero-order valence-electron chi connectivity index (χ0n) is 11.8. The van der Waals surface area contributed by atoms with Gasteiger partial charge >= 0.3 is 0 Å². The Hall–Kier alpha value is -0.830. The summed E-state index contributed by atoms with van der Waals surface area (Å²) in [6.07, 6.45) is 8.52. The summed E-state index contributed by atoms with van der Waals surface area (Å²) in [6.45, 7) is 3.95. The molecule has 0 aliphatic heterocycles. The number of hydrogen-bond donors (Lipinski definition) is 1. The first-order valence-corrected chi connectivity index (χ1v) is 7.94. The average Bonchev–Trinajstić information content (AvgIpc) is 2.84. The van der Waals surface area contributed by atoms with Gasteiger partial charge in [-0.2, -0.15) is 0 Å². The molecule has 4 bridgehead atoms. The summed E-state index contributed by atoms with van der Waals surface area (Å²) in [5.41, 5.74) is 1.43. The van der Waals surface area contributed by atoms with Crippen LogP contribution in [0.15, 0.2) is 10.6 Å². The summed E-state index contributed by atoms with van der Waals surface area (Å²) in [6, 6.07) is 2.23. The largest absolute Gasteiger partial charge is 0.361 e. The molecule has 0 amide bonds.